The first-order chi connectivity index (χ1) is 17.5. The van der Waals surface area contributed by atoms with Crippen molar-refractivity contribution in [1.29, 1.82) is 0 Å². The third kappa shape index (κ3) is 5.97. The molecule has 0 unspecified atom stereocenters. The number of para-hydroxylation sites is 2. The van der Waals surface area contributed by atoms with Gasteiger partial charge in [-0.2, -0.15) is 0 Å². The number of aromatic nitrogens is 1. The topological polar surface area (TPSA) is 78.8 Å². The van der Waals surface area contributed by atoms with Crippen molar-refractivity contribution >= 4 is 22.7 Å². The highest BCUT2D eigenvalue weighted by atomic mass is 16.5. The maximum Gasteiger partial charge on any atom is 0.290 e. The Kier molecular flexibility index (Phi) is 8.10. The summed E-state index contributed by atoms with van der Waals surface area (Å²) in [6.45, 7) is 5.36. The van der Waals surface area contributed by atoms with E-state index < -0.39 is 0 Å². The molecule has 2 aromatic heterocycles. The zero-order valence-electron chi connectivity index (χ0n) is 21.1. The van der Waals surface area contributed by atoms with Crippen molar-refractivity contribution in [3.63, 3.8) is 0 Å². The van der Waals surface area contributed by atoms with E-state index in [1.807, 2.05) is 67.4 Å². The summed E-state index contributed by atoms with van der Waals surface area (Å²) in [6, 6.07) is 19.1. The van der Waals surface area contributed by atoms with Gasteiger partial charge in [0.1, 0.15) is 12.3 Å². The van der Waals surface area contributed by atoms with E-state index >= 15 is 0 Å². The molecular weight excluding hydrogens is 454 g/mol. The Labute approximate surface area is 211 Å². The molecule has 2 heterocycles. The second-order valence-electron chi connectivity index (χ2n) is 9.29. The van der Waals surface area contributed by atoms with Crippen molar-refractivity contribution < 1.29 is 18.7 Å². The Balaban J connectivity index is 1.57. The minimum atomic E-state index is -0.282. The molecule has 7 nitrogen and oxygen atoms in total. The van der Waals surface area contributed by atoms with E-state index in [1.54, 1.807) is 24.1 Å². The fourth-order valence-corrected chi connectivity index (χ4v) is 4.40. The molecule has 2 amide bonds. The van der Waals surface area contributed by atoms with E-state index in [-0.39, 0.29) is 30.0 Å². The van der Waals surface area contributed by atoms with Crippen molar-refractivity contribution in [3.05, 3.63) is 90.0 Å². The molecule has 0 atom stereocenters. The molecule has 0 fully saturated rings. The first-order valence-corrected chi connectivity index (χ1v) is 12.2. The van der Waals surface area contributed by atoms with E-state index in [0.29, 0.717) is 26.1 Å². The monoisotopic (exact) mass is 487 g/mol. The zero-order valence-corrected chi connectivity index (χ0v) is 21.1. The molecule has 0 saturated carbocycles. The van der Waals surface area contributed by atoms with Crippen LogP contribution in [0.1, 0.15) is 35.5 Å². The van der Waals surface area contributed by atoms with Crippen LogP contribution in [0.5, 0.6) is 5.75 Å². The van der Waals surface area contributed by atoms with Gasteiger partial charge >= 0.3 is 0 Å². The molecule has 4 aromatic rings. The van der Waals surface area contributed by atoms with Crippen molar-refractivity contribution in [2.75, 3.05) is 26.7 Å². The number of carbonyl (C=O) groups is 2. The molecule has 7 heteroatoms. The molecule has 188 valence electrons. The fraction of sp³-hybridized carbons (Fsp3) is 0.310. The van der Waals surface area contributed by atoms with Crippen LogP contribution < -0.4 is 4.74 Å². The summed E-state index contributed by atoms with van der Waals surface area (Å²) < 4.78 is 10.9. The standard InChI is InChI=1S/C29H33N3O4/c1-21(2)18-32(29(34)27-13-8-16-36-27)20-28(33)31(19-23-9-4-7-12-26(23)35-3)15-14-22-17-30-25-11-6-5-10-24(22)25/h4-13,16-17,21,30H,14-15,18-20H2,1-3H3. The fourth-order valence-electron chi connectivity index (χ4n) is 4.40. The van der Waals surface area contributed by atoms with Crippen LogP contribution in [0.3, 0.4) is 0 Å². The molecule has 0 aliphatic rings. The van der Waals surface area contributed by atoms with Gasteiger partial charge in [-0.25, -0.2) is 0 Å². The quantitative estimate of drug-likeness (QED) is 0.318. The third-order valence-electron chi connectivity index (χ3n) is 6.16. The first kappa shape index (κ1) is 25.1. The van der Waals surface area contributed by atoms with Gasteiger partial charge in [0, 0.05) is 42.3 Å². The summed E-state index contributed by atoms with van der Waals surface area (Å²) in [7, 11) is 1.63. The van der Waals surface area contributed by atoms with Gasteiger partial charge in [0.2, 0.25) is 5.91 Å². The van der Waals surface area contributed by atoms with Gasteiger partial charge in [0.15, 0.2) is 5.76 Å². The number of rotatable bonds is 11. The second-order valence-corrected chi connectivity index (χ2v) is 9.29. The summed E-state index contributed by atoms with van der Waals surface area (Å²) >= 11 is 0. The number of fused-ring (bicyclic) bond motifs is 1. The molecule has 0 aliphatic heterocycles. The number of nitrogens with one attached hydrogen (secondary N) is 1. The summed E-state index contributed by atoms with van der Waals surface area (Å²) in [5, 5.41) is 1.15. The Morgan fingerprint density at radius 2 is 1.75 bits per heavy atom. The maximum atomic E-state index is 13.7. The molecule has 0 saturated heterocycles. The molecule has 36 heavy (non-hydrogen) atoms. The lowest BCUT2D eigenvalue weighted by molar-refractivity contribution is -0.132. The van der Waals surface area contributed by atoms with Crippen molar-refractivity contribution in [1.82, 2.24) is 14.8 Å². The lowest BCUT2D eigenvalue weighted by atomic mass is 10.1. The van der Waals surface area contributed by atoms with Crippen LogP contribution in [0.2, 0.25) is 0 Å². The number of hydrogen-bond acceptors (Lipinski definition) is 4. The highest BCUT2D eigenvalue weighted by molar-refractivity contribution is 5.94. The normalized spacial score (nSPS) is 11.1. The smallest absolute Gasteiger partial charge is 0.290 e. The second kappa shape index (κ2) is 11.6. The number of furan rings is 1. The molecule has 0 aliphatic carbocycles. The van der Waals surface area contributed by atoms with Crippen LogP contribution >= 0.6 is 0 Å². The van der Waals surface area contributed by atoms with Crippen LogP contribution in [0.15, 0.2) is 77.5 Å². The van der Waals surface area contributed by atoms with Gasteiger partial charge in [0.25, 0.3) is 5.91 Å². The van der Waals surface area contributed by atoms with Crippen molar-refractivity contribution in [2.45, 2.75) is 26.8 Å². The van der Waals surface area contributed by atoms with Gasteiger partial charge in [-0.05, 0) is 42.2 Å². The number of methoxy groups -OCH3 is 1. The largest absolute Gasteiger partial charge is 0.496 e. The maximum absolute atomic E-state index is 13.7. The molecule has 0 spiro atoms. The van der Waals surface area contributed by atoms with Crippen LogP contribution in [0.25, 0.3) is 10.9 Å². The lowest BCUT2D eigenvalue weighted by Crippen LogP contribution is -2.44. The summed E-state index contributed by atoms with van der Waals surface area (Å²) in [5.41, 5.74) is 3.14. The molecule has 4 rings (SSSR count). The SMILES string of the molecule is COc1ccccc1CN(CCc1c[nH]c2ccccc12)C(=O)CN(CC(C)C)C(=O)c1ccco1. The average Bonchev–Trinajstić information content (AvgIpc) is 3.56. The van der Waals surface area contributed by atoms with Gasteiger partial charge in [-0.1, -0.05) is 50.2 Å². The van der Waals surface area contributed by atoms with Gasteiger partial charge in [0.05, 0.1) is 13.4 Å². The molecule has 2 aromatic carbocycles. The number of hydrogen-bond donors (Lipinski definition) is 1. The third-order valence-corrected chi connectivity index (χ3v) is 6.16. The van der Waals surface area contributed by atoms with Gasteiger partial charge < -0.3 is 23.9 Å². The summed E-state index contributed by atoms with van der Waals surface area (Å²) in [5.74, 6) is 0.759. The summed E-state index contributed by atoms with van der Waals surface area (Å²) in [4.78, 5) is 33.5. The van der Waals surface area contributed by atoms with E-state index in [1.165, 1.54) is 6.26 Å². The van der Waals surface area contributed by atoms with E-state index in [9.17, 15) is 9.59 Å². The predicted molar refractivity (Wildman–Crippen MR) is 140 cm³/mol. The Hall–Kier alpha value is -4.00. The predicted octanol–water partition coefficient (Wildman–Crippen LogP) is 5.14. The van der Waals surface area contributed by atoms with Crippen molar-refractivity contribution in [3.8, 4) is 5.75 Å². The van der Waals surface area contributed by atoms with Crippen molar-refractivity contribution in [2.24, 2.45) is 5.92 Å². The lowest BCUT2D eigenvalue weighted by Gasteiger charge is -2.29. The minimum absolute atomic E-state index is 0.0270. The molecular formula is C29H33N3O4. The Morgan fingerprint density at radius 3 is 2.50 bits per heavy atom. The summed E-state index contributed by atoms with van der Waals surface area (Å²) in [6.07, 6.45) is 4.15. The highest BCUT2D eigenvalue weighted by Crippen LogP contribution is 2.22. The number of ether oxygens (including phenoxy) is 1. The number of carbonyl (C=O) groups excluding carboxylic acids is 2. The van der Waals surface area contributed by atoms with Gasteiger partial charge in [-0.3, -0.25) is 9.59 Å². The number of aromatic amines is 1. The highest BCUT2D eigenvalue weighted by Gasteiger charge is 2.25. The minimum Gasteiger partial charge on any atom is -0.496 e. The van der Waals surface area contributed by atoms with Crippen LogP contribution in [0, 0.1) is 5.92 Å². The number of amides is 2. The Morgan fingerprint density at radius 1 is 0.972 bits per heavy atom. The van der Waals surface area contributed by atoms with Crippen LogP contribution in [0.4, 0.5) is 0 Å². The number of nitrogens with zero attached hydrogens (tertiary/aromatic N) is 2. The van der Waals surface area contributed by atoms with Gasteiger partial charge in [-0.15, -0.1) is 0 Å². The van der Waals surface area contributed by atoms with E-state index in [2.05, 4.69) is 11.1 Å². The van der Waals surface area contributed by atoms with Crippen LogP contribution in [-0.4, -0.2) is 53.3 Å². The molecule has 0 radical (unpaired) electrons. The molecule has 0 bridgehead atoms. The first-order valence-electron chi connectivity index (χ1n) is 12.2. The van der Waals surface area contributed by atoms with E-state index in [4.69, 9.17) is 9.15 Å². The van der Waals surface area contributed by atoms with E-state index in [0.717, 1.165) is 27.8 Å². The number of benzene rings is 2. The Bertz CT molecular complexity index is 1290. The number of H-pyrrole nitrogens is 1. The average molecular weight is 488 g/mol. The van der Waals surface area contributed by atoms with Crippen LogP contribution in [-0.2, 0) is 17.8 Å². The zero-order chi connectivity index (χ0) is 25.5. The molecule has 1 N–H and O–H groups in total.